The highest BCUT2D eigenvalue weighted by Gasteiger charge is 2.38. The average Bonchev–Trinajstić information content (AvgIpc) is 3.59. The summed E-state index contributed by atoms with van der Waals surface area (Å²) in [5.74, 6) is 5.67. The first-order chi connectivity index (χ1) is 17.0. The van der Waals surface area contributed by atoms with Crippen molar-refractivity contribution >= 4 is 34.2 Å². The molecule has 0 saturated carbocycles. The van der Waals surface area contributed by atoms with E-state index >= 15 is 0 Å². The van der Waals surface area contributed by atoms with Crippen LogP contribution in [-0.4, -0.2) is 56.8 Å². The summed E-state index contributed by atoms with van der Waals surface area (Å²) in [5, 5.41) is 10.5. The topological polar surface area (TPSA) is 100 Å². The minimum atomic E-state index is -0.586. The fourth-order valence-corrected chi connectivity index (χ4v) is 5.01. The van der Waals surface area contributed by atoms with Crippen LogP contribution in [0.1, 0.15) is 37.4 Å². The number of nitrogens with zero attached hydrogens (tertiary/aromatic N) is 5. The highest BCUT2D eigenvalue weighted by molar-refractivity contribution is 5.94. The Morgan fingerprint density at radius 2 is 2.11 bits per heavy atom. The van der Waals surface area contributed by atoms with Gasteiger partial charge in [0, 0.05) is 39.0 Å². The lowest BCUT2D eigenvalue weighted by Crippen LogP contribution is -2.41. The van der Waals surface area contributed by atoms with Crippen LogP contribution in [0.5, 0.6) is 0 Å². The number of carbonyl (C=O) groups excluding carboxylic acids is 1. The van der Waals surface area contributed by atoms with Crippen LogP contribution in [0.15, 0.2) is 30.6 Å². The molecule has 0 bridgehead atoms. The van der Waals surface area contributed by atoms with Crippen LogP contribution in [0.2, 0.25) is 0 Å². The van der Waals surface area contributed by atoms with Gasteiger partial charge in [0.15, 0.2) is 17.1 Å². The molecule has 2 fully saturated rings. The summed E-state index contributed by atoms with van der Waals surface area (Å²) >= 11 is 0. The Labute approximate surface area is 200 Å². The first-order valence-electron chi connectivity index (χ1n) is 11.6. The Morgan fingerprint density at radius 3 is 2.89 bits per heavy atom. The number of fused-ring (bicyclic) bond motifs is 3. The van der Waals surface area contributed by atoms with Crippen LogP contribution in [0.3, 0.4) is 0 Å². The molecule has 0 radical (unpaired) electrons. The molecule has 2 aliphatic heterocycles. The van der Waals surface area contributed by atoms with Crippen molar-refractivity contribution in [1.29, 1.82) is 0 Å². The maximum Gasteiger partial charge on any atom is 0.221 e. The molecule has 6 rings (SSSR count). The number of H-pyrrole nitrogens is 1. The number of halogens is 1. The van der Waals surface area contributed by atoms with E-state index in [2.05, 4.69) is 37.2 Å². The van der Waals surface area contributed by atoms with Gasteiger partial charge in [0.2, 0.25) is 11.9 Å². The number of hydrogen-bond acceptors (Lipinski definition) is 6. The summed E-state index contributed by atoms with van der Waals surface area (Å²) in [6.07, 6.45) is 6.90. The second-order valence-electron chi connectivity index (χ2n) is 9.22. The van der Waals surface area contributed by atoms with E-state index in [1.807, 2.05) is 10.6 Å². The molecule has 2 aliphatic rings. The lowest BCUT2D eigenvalue weighted by Gasteiger charge is -2.38. The van der Waals surface area contributed by atoms with Gasteiger partial charge in [-0.1, -0.05) is 12.0 Å². The van der Waals surface area contributed by atoms with Crippen LogP contribution in [0.25, 0.3) is 16.7 Å². The first kappa shape index (κ1) is 21.6. The molecule has 0 unspecified atom stereocenters. The molecule has 1 amide bonds. The fraction of sp³-hybridized carbons (Fsp3) is 0.360. The van der Waals surface area contributed by atoms with Crippen molar-refractivity contribution in [2.45, 2.75) is 26.2 Å². The molecule has 9 nitrogen and oxygen atoms in total. The number of ether oxygens (including phenoxy) is 1. The number of amides is 1. The maximum atomic E-state index is 14.8. The second kappa shape index (κ2) is 8.36. The van der Waals surface area contributed by atoms with Crippen LogP contribution in [0, 0.1) is 23.1 Å². The van der Waals surface area contributed by atoms with Crippen molar-refractivity contribution in [3.63, 3.8) is 0 Å². The van der Waals surface area contributed by atoms with E-state index in [4.69, 9.17) is 9.72 Å². The van der Waals surface area contributed by atoms with Crippen molar-refractivity contribution < 1.29 is 13.9 Å². The molecule has 2 saturated heterocycles. The highest BCUT2D eigenvalue weighted by Crippen LogP contribution is 2.40. The zero-order chi connectivity index (χ0) is 24.0. The Hall–Kier alpha value is -3.97. The molecule has 1 spiro atoms. The SMILES string of the molecule is CC(=O)Nc1cccc(C#Cc2n[nH]c3nc(N4CCC5(CCOC5)CC4)n4ccnc4c23)c1F. The van der Waals surface area contributed by atoms with Crippen molar-refractivity contribution in [2.75, 3.05) is 36.5 Å². The fourth-order valence-electron chi connectivity index (χ4n) is 5.01. The number of aromatic nitrogens is 5. The van der Waals surface area contributed by atoms with Crippen LogP contribution in [-0.2, 0) is 9.53 Å². The molecule has 3 aromatic heterocycles. The zero-order valence-electron chi connectivity index (χ0n) is 19.3. The number of imidazole rings is 1. The van der Waals surface area contributed by atoms with Gasteiger partial charge in [0.05, 0.1) is 23.2 Å². The third kappa shape index (κ3) is 3.78. The third-order valence-electron chi connectivity index (χ3n) is 6.96. The van der Waals surface area contributed by atoms with Gasteiger partial charge in [-0.3, -0.25) is 14.3 Å². The monoisotopic (exact) mass is 473 g/mol. The second-order valence-corrected chi connectivity index (χ2v) is 9.22. The number of benzene rings is 1. The van der Waals surface area contributed by atoms with E-state index in [-0.39, 0.29) is 17.2 Å². The number of nitrogens with one attached hydrogen (secondary N) is 2. The molecule has 5 heterocycles. The van der Waals surface area contributed by atoms with Gasteiger partial charge in [-0.05, 0) is 42.7 Å². The summed E-state index contributed by atoms with van der Waals surface area (Å²) in [6, 6.07) is 4.69. The molecule has 35 heavy (non-hydrogen) atoms. The van der Waals surface area contributed by atoms with Gasteiger partial charge in [0.1, 0.15) is 5.69 Å². The minimum absolute atomic E-state index is 0.0885. The minimum Gasteiger partial charge on any atom is -0.381 e. The number of hydrogen-bond donors (Lipinski definition) is 2. The quantitative estimate of drug-likeness (QED) is 0.434. The van der Waals surface area contributed by atoms with Gasteiger partial charge < -0.3 is 15.0 Å². The van der Waals surface area contributed by atoms with Gasteiger partial charge >= 0.3 is 0 Å². The molecular formula is C25H24FN7O2. The number of aromatic amines is 1. The zero-order valence-corrected chi connectivity index (χ0v) is 19.3. The predicted octanol–water partition coefficient (Wildman–Crippen LogP) is 3.11. The molecule has 0 aliphatic carbocycles. The van der Waals surface area contributed by atoms with Crippen LogP contribution in [0.4, 0.5) is 16.0 Å². The first-order valence-corrected chi connectivity index (χ1v) is 11.6. The van der Waals surface area contributed by atoms with Gasteiger partial charge in [0.25, 0.3) is 0 Å². The van der Waals surface area contributed by atoms with E-state index in [1.165, 1.54) is 13.0 Å². The number of anilines is 2. The maximum absolute atomic E-state index is 14.8. The van der Waals surface area contributed by atoms with E-state index in [0.717, 1.165) is 51.5 Å². The summed E-state index contributed by atoms with van der Waals surface area (Å²) in [7, 11) is 0. The normalized spacial score (nSPS) is 17.1. The predicted molar refractivity (Wildman–Crippen MR) is 129 cm³/mol. The van der Waals surface area contributed by atoms with Gasteiger partial charge in [-0.25, -0.2) is 9.37 Å². The van der Waals surface area contributed by atoms with Crippen LogP contribution >= 0.6 is 0 Å². The molecule has 4 aromatic rings. The van der Waals surface area contributed by atoms with Gasteiger partial charge in [-0.2, -0.15) is 10.1 Å². The molecule has 10 heteroatoms. The molecule has 1 aromatic carbocycles. The molecule has 178 valence electrons. The van der Waals surface area contributed by atoms with Gasteiger partial charge in [-0.15, -0.1) is 0 Å². The largest absolute Gasteiger partial charge is 0.381 e. The average molecular weight is 474 g/mol. The standard InChI is InChI=1S/C25H24FN7O2/c1-16(34)28-19-4-2-3-17(21(19)26)5-6-18-20-22(31-30-18)29-24(33-13-10-27-23(20)33)32-11-7-25(8-12-32)9-14-35-15-25/h2-4,10,13H,7-9,11-12,14-15H2,1H3,(H,28,34)(H,30,31). The van der Waals surface area contributed by atoms with Crippen molar-refractivity contribution in [1.82, 2.24) is 24.6 Å². The highest BCUT2D eigenvalue weighted by atomic mass is 19.1. The van der Waals surface area contributed by atoms with Crippen molar-refractivity contribution in [3.05, 3.63) is 47.7 Å². The molecular weight excluding hydrogens is 449 g/mol. The number of piperidine rings is 1. The number of carbonyl (C=O) groups is 1. The summed E-state index contributed by atoms with van der Waals surface area (Å²) < 4.78 is 22.4. The Bertz CT molecular complexity index is 1500. The smallest absolute Gasteiger partial charge is 0.221 e. The van der Waals surface area contributed by atoms with E-state index in [1.54, 1.807) is 18.3 Å². The Morgan fingerprint density at radius 1 is 1.26 bits per heavy atom. The van der Waals surface area contributed by atoms with Crippen molar-refractivity contribution in [2.24, 2.45) is 5.41 Å². The van der Waals surface area contributed by atoms with Crippen molar-refractivity contribution in [3.8, 4) is 11.8 Å². The summed E-state index contributed by atoms with van der Waals surface area (Å²) in [5.41, 5.74) is 2.26. The molecule has 2 N–H and O–H groups in total. The van der Waals surface area contributed by atoms with Crippen LogP contribution < -0.4 is 10.2 Å². The van der Waals surface area contributed by atoms with E-state index in [9.17, 15) is 9.18 Å². The van der Waals surface area contributed by atoms with E-state index < -0.39 is 5.82 Å². The summed E-state index contributed by atoms with van der Waals surface area (Å²) in [6.45, 7) is 4.84. The third-order valence-corrected chi connectivity index (χ3v) is 6.96. The Balaban J connectivity index is 1.35. The lowest BCUT2D eigenvalue weighted by atomic mass is 9.78. The lowest BCUT2D eigenvalue weighted by molar-refractivity contribution is -0.114. The summed E-state index contributed by atoms with van der Waals surface area (Å²) in [4.78, 5) is 23.0. The number of rotatable bonds is 2. The Kier molecular flexibility index (Phi) is 5.15. The van der Waals surface area contributed by atoms with E-state index in [0.29, 0.717) is 27.8 Å². The molecule has 0 atom stereocenters.